The molecule has 0 amide bonds. The van der Waals surface area contributed by atoms with E-state index in [1.807, 2.05) is 14.0 Å². The highest BCUT2D eigenvalue weighted by Gasteiger charge is 2.45. The number of nitrogens with one attached hydrogen (secondary N) is 2. The fourth-order valence-electron chi connectivity index (χ4n) is 2.86. The summed E-state index contributed by atoms with van der Waals surface area (Å²) in [6, 6.07) is 0. The Morgan fingerprint density at radius 1 is 1.00 bits per heavy atom. The fourth-order valence-corrected chi connectivity index (χ4v) is 6.99. The summed E-state index contributed by atoms with van der Waals surface area (Å²) in [6.45, 7) is 7.05. The predicted molar refractivity (Wildman–Crippen MR) is 107 cm³/mol. The van der Waals surface area contributed by atoms with Crippen molar-refractivity contribution >= 4 is 18.1 Å². The molecule has 0 aliphatic rings. The van der Waals surface area contributed by atoms with Crippen LogP contribution >= 0.6 is 0 Å². The molecule has 0 fully saturated rings. The normalized spacial score (nSPS) is 15.5. The summed E-state index contributed by atoms with van der Waals surface area (Å²) in [4.78, 5) is 0. The summed E-state index contributed by atoms with van der Waals surface area (Å²) in [7, 11) is 5.83. The molecule has 0 aromatic carbocycles. The molecule has 8 nitrogen and oxygen atoms in total. The summed E-state index contributed by atoms with van der Waals surface area (Å²) in [5.41, 5.74) is 6.35. The van der Waals surface area contributed by atoms with Crippen molar-refractivity contribution in [3.8, 4) is 0 Å². The molecule has 2 unspecified atom stereocenters. The largest absolute Gasteiger partial charge is 0.517 e. The van der Waals surface area contributed by atoms with Crippen LogP contribution in [0.4, 0.5) is 0 Å². The fraction of sp³-hybridized carbons (Fsp3) is 1.00. The van der Waals surface area contributed by atoms with Crippen LogP contribution < -0.4 is 16.4 Å². The molecule has 0 aromatic heterocycles. The Balaban J connectivity index is 0. The predicted octanol–water partition coefficient (Wildman–Crippen LogP) is 0.505. The first-order valence-corrected chi connectivity index (χ1v) is 12.1. The summed E-state index contributed by atoms with van der Waals surface area (Å²) in [5, 5.41) is 5.95. The van der Waals surface area contributed by atoms with Crippen molar-refractivity contribution in [2.45, 2.75) is 51.0 Å². The summed E-state index contributed by atoms with van der Waals surface area (Å²) >= 11 is 0. The topological polar surface area (TPSA) is 96.2 Å². The van der Waals surface area contributed by atoms with Gasteiger partial charge in [-0.3, -0.25) is 5.32 Å². The van der Waals surface area contributed by atoms with Gasteiger partial charge in [-0.2, -0.15) is 0 Å². The van der Waals surface area contributed by atoms with Crippen LogP contribution in [0.1, 0.15) is 40.0 Å². The minimum absolute atomic E-state index is 0.164. The van der Waals surface area contributed by atoms with Gasteiger partial charge in [0.05, 0.1) is 5.67 Å². The van der Waals surface area contributed by atoms with Crippen molar-refractivity contribution in [3.05, 3.63) is 0 Å². The maximum absolute atomic E-state index is 6.18. The average molecular weight is 400 g/mol. The van der Waals surface area contributed by atoms with E-state index in [-0.39, 0.29) is 5.67 Å². The van der Waals surface area contributed by atoms with Crippen molar-refractivity contribution in [1.29, 1.82) is 0 Å². The maximum atomic E-state index is 6.18. The van der Waals surface area contributed by atoms with E-state index in [0.29, 0.717) is 0 Å². The van der Waals surface area contributed by atoms with Crippen molar-refractivity contribution < 1.29 is 22.1 Å². The van der Waals surface area contributed by atoms with Gasteiger partial charge in [-0.1, -0.05) is 27.2 Å². The van der Waals surface area contributed by atoms with Gasteiger partial charge >= 0.3 is 18.1 Å². The van der Waals surface area contributed by atoms with Crippen molar-refractivity contribution in [1.82, 2.24) is 10.6 Å². The van der Waals surface area contributed by atoms with Crippen molar-refractivity contribution in [3.63, 3.8) is 0 Å². The second kappa shape index (κ2) is 15.2. The van der Waals surface area contributed by atoms with Crippen molar-refractivity contribution in [2.75, 3.05) is 49.1 Å². The monoisotopic (exact) mass is 399 g/mol. The van der Waals surface area contributed by atoms with Gasteiger partial charge in [0.15, 0.2) is 0 Å². The lowest BCUT2D eigenvalue weighted by atomic mass is 10.3. The Bertz CT molecular complexity index is 291. The molecule has 2 atom stereocenters. The van der Waals surface area contributed by atoms with E-state index < -0.39 is 23.4 Å². The second-order valence-corrected chi connectivity index (χ2v) is 11.4. The van der Waals surface area contributed by atoms with Gasteiger partial charge < -0.3 is 33.2 Å². The maximum Gasteiger partial charge on any atom is 0.517 e. The Kier molecular flexibility index (Phi) is 16.6. The van der Waals surface area contributed by atoms with Gasteiger partial charge in [0, 0.05) is 35.5 Å². The van der Waals surface area contributed by atoms with Crippen LogP contribution in [0.2, 0.25) is 0 Å². The van der Waals surface area contributed by atoms with Crippen LogP contribution in [0.5, 0.6) is 0 Å². The van der Waals surface area contributed by atoms with Gasteiger partial charge in [-0.25, -0.2) is 0 Å². The first-order valence-electron chi connectivity index (χ1n) is 8.77. The number of nitrogens with two attached hydrogens (primary N) is 1. The van der Waals surface area contributed by atoms with Crippen LogP contribution in [0.25, 0.3) is 0 Å². The molecule has 0 radical (unpaired) electrons. The lowest BCUT2D eigenvalue weighted by Gasteiger charge is -2.34. The summed E-state index contributed by atoms with van der Waals surface area (Å²) < 4.78 is 26.5. The quantitative estimate of drug-likeness (QED) is 0.304. The lowest BCUT2D eigenvalue weighted by Crippen LogP contribution is -2.65. The van der Waals surface area contributed by atoms with Gasteiger partial charge in [0.1, 0.15) is 5.29 Å². The number of hydrogen-bond acceptors (Lipinski definition) is 8. The van der Waals surface area contributed by atoms with E-state index in [9.17, 15) is 0 Å². The molecule has 0 saturated carbocycles. The first kappa shape index (κ1) is 27.3. The highest BCUT2D eigenvalue weighted by Crippen LogP contribution is 2.14. The Morgan fingerprint density at radius 3 is 1.68 bits per heavy atom. The SMILES string of the molecule is CCC(NC)[Si](OC)(OC)OC.CCCC(N)(NCC)[SiH](OC)OC. The molecular formula is C15H41N3O5Si2. The molecule has 0 saturated heterocycles. The van der Waals surface area contributed by atoms with Crippen molar-refractivity contribution in [2.24, 2.45) is 5.73 Å². The van der Waals surface area contributed by atoms with Gasteiger partial charge in [0.2, 0.25) is 0 Å². The van der Waals surface area contributed by atoms with E-state index in [1.165, 1.54) is 0 Å². The highest BCUT2D eigenvalue weighted by atomic mass is 28.4. The van der Waals surface area contributed by atoms with E-state index >= 15 is 0 Å². The third-order valence-corrected chi connectivity index (χ3v) is 9.50. The van der Waals surface area contributed by atoms with Gasteiger partial charge in [-0.15, -0.1) is 0 Å². The number of rotatable bonds is 13. The standard InChI is InChI=1S/C8H22N2O2Si.C7H19NO3Si/c1-5-7-8(9,10-6-2)13(11-3)12-4;1-6-7(8-2)12(9-3,10-4)11-5/h10,13H,5-7,9H2,1-4H3;7-8H,6H2,1-5H3. The van der Waals surface area contributed by atoms with Gasteiger partial charge in [0.25, 0.3) is 0 Å². The molecule has 10 heteroatoms. The molecular weight excluding hydrogens is 358 g/mol. The Morgan fingerprint density at radius 2 is 1.48 bits per heavy atom. The highest BCUT2D eigenvalue weighted by molar-refractivity contribution is 6.62. The minimum atomic E-state index is -2.46. The molecule has 0 bridgehead atoms. The van der Waals surface area contributed by atoms with Crippen LogP contribution in [-0.2, 0) is 22.1 Å². The van der Waals surface area contributed by atoms with E-state index in [2.05, 4.69) is 24.5 Å². The van der Waals surface area contributed by atoms with E-state index in [4.69, 9.17) is 27.9 Å². The van der Waals surface area contributed by atoms with Gasteiger partial charge in [-0.05, 0) is 26.4 Å². The third kappa shape index (κ3) is 8.56. The smallest absolute Gasteiger partial charge is 0.398 e. The first-order chi connectivity index (χ1) is 11.8. The molecule has 0 spiro atoms. The van der Waals surface area contributed by atoms with E-state index in [0.717, 1.165) is 25.8 Å². The molecule has 154 valence electrons. The molecule has 0 aliphatic heterocycles. The second-order valence-electron chi connectivity index (χ2n) is 5.59. The Labute approximate surface area is 157 Å². The summed E-state index contributed by atoms with van der Waals surface area (Å²) in [6.07, 6.45) is 2.84. The zero-order chi connectivity index (χ0) is 19.9. The Hall–Kier alpha value is 0.114. The van der Waals surface area contributed by atoms with Crippen LogP contribution in [0.3, 0.4) is 0 Å². The van der Waals surface area contributed by atoms with Crippen LogP contribution in [-0.4, -0.2) is 78.2 Å². The van der Waals surface area contributed by atoms with Crippen LogP contribution in [0.15, 0.2) is 0 Å². The molecule has 0 rings (SSSR count). The molecule has 25 heavy (non-hydrogen) atoms. The van der Waals surface area contributed by atoms with E-state index in [1.54, 1.807) is 35.5 Å². The summed E-state index contributed by atoms with van der Waals surface area (Å²) in [5.74, 6) is 0. The molecule has 0 aliphatic carbocycles. The minimum Gasteiger partial charge on any atom is -0.398 e. The lowest BCUT2D eigenvalue weighted by molar-refractivity contribution is 0.107. The molecule has 0 heterocycles. The zero-order valence-corrected chi connectivity index (χ0v) is 19.8. The number of hydrogen-bond donors (Lipinski definition) is 3. The van der Waals surface area contributed by atoms with Crippen LogP contribution in [0, 0.1) is 0 Å². The molecule has 4 N–H and O–H groups in total. The zero-order valence-electron chi connectivity index (χ0n) is 17.6. The average Bonchev–Trinajstić information content (AvgIpc) is 2.61. The molecule has 0 aromatic rings. The third-order valence-electron chi connectivity index (χ3n) is 4.06.